The summed E-state index contributed by atoms with van der Waals surface area (Å²) in [6.07, 6.45) is 2.09. The molecule has 0 saturated heterocycles. The number of aromatic nitrogens is 7. The van der Waals surface area contributed by atoms with Crippen molar-refractivity contribution in [1.82, 2.24) is 35.0 Å². The van der Waals surface area contributed by atoms with E-state index < -0.39 is 12.0 Å². The molecular formula is C30H24N8O2S2. The summed E-state index contributed by atoms with van der Waals surface area (Å²) < 4.78 is 9.96. The van der Waals surface area contributed by atoms with Gasteiger partial charge in [-0.15, -0.1) is 10.2 Å². The van der Waals surface area contributed by atoms with Crippen molar-refractivity contribution in [2.45, 2.75) is 16.9 Å². The van der Waals surface area contributed by atoms with Crippen LogP contribution in [0.15, 0.2) is 107 Å². The van der Waals surface area contributed by atoms with Crippen molar-refractivity contribution in [2.24, 2.45) is 0 Å². The lowest BCUT2D eigenvalue weighted by Gasteiger charge is -2.27. The first-order valence-corrected chi connectivity index (χ1v) is 15.0. The maximum Gasteiger partial charge on any atom is 0.338 e. The molecule has 1 aliphatic heterocycles. The van der Waals surface area contributed by atoms with Crippen LogP contribution in [0.5, 0.6) is 0 Å². The van der Waals surface area contributed by atoms with Crippen molar-refractivity contribution >= 4 is 45.9 Å². The van der Waals surface area contributed by atoms with Gasteiger partial charge >= 0.3 is 5.97 Å². The normalized spacial score (nSPS) is 14.5. The van der Waals surface area contributed by atoms with Gasteiger partial charge in [0, 0.05) is 46.2 Å². The standard InChI is InChI=1S/C30H24N8O2S2/c1-40-28(39)25-23(18-41-30-34-32-27(42-30)20-12-6-3-7-13-20)31-29-33-35-36-38(29)26(25)22-17-37(16-19-10-4-2-5-11-19)24-15-9-8-14-21(22)24/h2-15,17,26H,16,18H2,1H3,(H,31,33,36). The van der Waals surface area contributed by atoms with Crippen LogP contribution in [0.4, 0.5) is 5.95 Å². The maximum atomic E-state index is 13.5. The number of hydrogen-bond donors (Lipinski definition) is 1. The Morgan fingerprint density at radius 2 is 1.74 bits per heavy atom. The summed E-state index contributed by atoms with van der Waals surface area (Å²) in [4.78, 5) is 13.5. The third-order valence-electron chi connectivity index (χ3n) is 7.08. The highest BCUT2D eigenvalue weighted by molar-refractivity contribution is 8.01. The third-order valence-corrected chi connectivity index (χ3v) is 9.21. The molecule has 0 radical (unpaired) electrons. The lowest BCUT2D eigenvalue weighted by Crippen LogP contribution is -2.30. The Kier molecular flexibility index (Phi) is 6.98. The van der Waals surface area contributed by atoms with Crippen molar-refractivity contribution in [3.05, 3.63) is 114 Å². The highest BCUT2D eigenvalue weighted by Crippen LogP contribution is 2.41. The number of rotatable bonds is 8. The molecule has 3 aromatic carbocycles. The molecule has 7 rings (SSSR count). The van der Waals surface area contributed by atoms with E-state index in [-0.39, 0.29) is 0 Å². The molecule has 42 heavy (non-hydrogen) atoms. The second kappa shape index (κ2) is 11.2. The van der Waals surface area contributed by atoms with Crippen LogP contribution in [0.1, 0.15) is 17.2 Å². The molecule has 0 spiro atoms. The molecule has 0 amide bonds. The third kappa shape index (κ3) is 4.84. The predicted octanol–water partition coefficient (Wildman–Crippen LogP) is 5.43. The van der Waals surface area contributed by atoms with Gasteiger partial charge < -0.3 is 14.6 Å². The summed E-state index contributed by atoms with van der Waals surface area (Å²) in [7, 11) is 1.39. The van der Waals surface area contributed by atoms with Gasteiger partial charge in [0.2, 0.25) is 5.95 Å². The minimum absolute atomic E-state index is 0.417. The first kappa shape index (κ1) is 26.1. The van der Waals surface area contributed by atoms with Gasteiger partial charge in [0.15, 0.2) is 4.34 Å². The molecule has 1 unspecified atom stereocenters. The molecule has 208 valence electrons. The lowest BCUT2D eigenvalue weighted by molar-refractivity contribution is -0.136. The SMILES string of the molecule is COC(=O)C1=C(CSc2nnc(-c3ccccc3)s2)Nc2nnnn2C1c1cn(Cc2ccccc2)c2ccccc12. The van der Waals surface area contributed by atoms with Gasteiger partial charge in [-0.25, -0.2) is 4.79 Å². The number of ether oxygens (including phenoxy) is 1. The van der Waals surface area contributed by atoms with Gasteiger partial charge in [0.1, 0.15) is 11.0 Å². The fourth-order valence-electron chi connectivity index (χ4n) is 5.19. The Morgan fingerprint density at radius 1 is 0.976 bits per heavy atom. The summed E-state index contributed by atoms with van der Waals surface area (Å²) in [5.41, 5.74) is 5.24. The highest BCUT2D eigenvalue weighted by Gasteiger charge is 2.37. The average molecular weight is 593 g/mol. The van der Waals surface area contributed by atoms with Crippen molar-refractivity contribution in [2.75, 3.05) is 18.2 Å². The largest absolute Gasteiger partial charge is 0.466 e. The number of tetrazole rings is 1. The zero-order valence-electron chi connectivity index (χ0n) is 22.4. The monoisotopic (exact) mass is 592 g/mol. The molecule has 10 nitrogen and oxygen atoms in total. The van der Waals surface area contributed by atoms with E-state index >= 15 is 0 Å². The van der Waals surface area contributed by atoms with Gasteiger partial charge in [-0.1, -0.05) is 107 Å². The second-order valence-electron chi connectivity index (χ2n) is 9.60. The van der Waals surface area contributed by atoms with E-state index in [1.807, 2.05) is 60.7 Å². The van der Waals surface area contributed by atoms with Crippen LogP contribution < -0.4 is 5.32 Å². The number of hydrogen-bond acceptors (Lipinski definition) is 10. The van der Waals surface area contributed by atoms with Crippen LogP contribution in [0.25, 0.3) is 21.5 Å². The zero-order valence-corrected chi connectivity index (χ0v) is 24.0. The molecule has 0 fully saturated rings. The molecule has 1 N–H and O–H groups in total. The van der Waals surface area contributed by atoms with Crippen LogP contribution in [0, 0.1) is 0 Å². The van der Waals surface area contributed by atoms with Crippen LogP contribution in [0.3, 0.4) is 0 Å². The number of nitrogens with zero attached hydrogens (tertiary/aromatic N) is 7. The summed E-state index contributed by atoms with van der Waals surface area (Å²) in [6.45, 7) is 0.676. The van der Waals surface area contributed by atoms with Gasteiger partial charge in [0.25, 0.3) is 0 Å². The molecule has 0 bridgehead atoms. The molecule has 0 saturated carbocycles. The Bertz CT molecular complexity index is 1910. The number of thioether (sulfide) groups is 1. The highest BCUT2D eigenvalue weighted by atomic mass is 32.2. The molecule has 0 aliphatic carbocycles. The number of carbonyl (C=O) groups is 1. The van der Waals surface area contributed by atoms with E-state index in [9.17, 15) is 4.79 Å². The molecule has 1 aliphatic rings. The lowest BCUT2D eigenvalue weighted by atomic mass is 9.95. The van der Waals surface area contributed by atoms with Crippen LogP contribution in [0.2, 0.25) is 0 Å². The Balaban J connectivity index is 1.29. The Morgan fingerprint density at radius 3 is 2.55 bits per heavy atom. The number of benzene rings is 3. The van der Waals surface area contributed by atoms with Crippen LogP contribution >= 0.6 is 23.1 Å². The first-order valence-electron chi connectivity index (χ1n) is 13.2. The fourth-order valence-corrected chi connectivity index (χ4v) is 7.01. The summed E-state index contributed by atoms with van der Waals surface area (Å²) >= 11 is 3.00. The van der Waals surface area contributed by atoms with E-state index in [0.717, 1.165) is 31.4 Å². The molecule has 3 aromatic heterocycles. The molecular weight excluding hydrogens is 569 g/mol. The van der Waals surface area contributed by atoms with E-state index in [0.29, 0.717) is 29.5 Å². The van der Waals surface area contributed by atoms with Gasteiger partial charge in [0.05, 0.1) is 12.7 Å². The zero-order chi connectivity index (χ0) is 28.5. The van der Waals surface area contributed by atoms with Gasteiger partial charge in [-0.3, -0.25) is 0 Å². The van der Waals surface area contributed by atoms with Crippen molar-refractivity contribution in [1.29, 1.82) is 0 Å². The Labute approximate surface area is 249 Å². The first-order chi connectivity index (χ1) is 20.7. The maximum absolute atomic E-state index is 13.5. The Hall–Kier alpha value is -4.81. The fraction of sp³-hybridized carbons (Fsp3) is 0.133. The minimum Gasteiger partial charge on any atom is -0.466 e. The van der Waals surface area contributed by atoms with Gasteiger partial charge in [-0.05, 0) is 22.1 Å². The smallest absolute Gasteiger partial charge is 0.338 e. The average Bonchev–Trinajstić information content (AvgIpc) is 3.79. The van der Waals surface area contributed by atoms with Crippen LogP contribution in [-0.4, -0.2) is 53.8 Å². The summed E-state index contributed by atoms with van der Waals surface area (Å²) in [5.74, 6) is 0.414. The number of methoxy groups -OCH3 is 1. The van der Waals surface area contributed by atoms with E-state index in [2.05, 4.69) is 66.1 Å². The van der Waals surface area contributed by atoms with E-state index in [4.69, 9.17) is 4.74 Å². The molecule has 4 heterocycles. The second-order valence-corrected chi connectivity index (χ2v) is 11.8. The molecule has 6 aromatic rings. The number of anilines is 1. The quantitative estimate of drug-likeness (QED) is 0.183. The summed E-state index contributed by atoms with van der Waals surface area (Å²) in [6, 6.07) is 27.8. The number of esters is 1. The van der Waals surface area contributed by atoms with E-state index in [1.165, 1.54) is 35.8 Å². The molecule has 1 atom stereocenters. The number of carbonyl (C=O) groups excluding carboxylic acids is 1. The van der Waals surface area contributed by atoms with E-state index in [1.54, 1.807) is 4.68 Å². The van der Waals surface area contributed by atoms with Crippen LogP contribution in [-0.2, 0) is 16.1 Å². The number of fused-ring (bicyclic) bond motifs is 2. The summed E-state index contributed by atoms with van der Waals surface area (Å²) in [5, 5.41) is 26.3. The number of para-hydroxylation sites is 1. The predicted molar refractivity (Wildman–Crippen MR) is 162 cm³/mol. The molecule has 12 heteroatoms. The topological polar surface area (TPSA) is 113 Å². The van der Waals surface area contributed by atoms with Crippen molar-refractivity contribution < 1.29 is 9.53 Å². The van der Waals surface area contributed by atoms with Gasteiger partial charge in [-0.2, -0.15) is 4.68 Å². The number of nitrogens with one attached hydrogen (secondary N) is 1. The van der Waals surface area contributed by atoms with Crippen molar-refractivity contribution in [3.63, 3.8) is 0 Å². The minimum atomic E-state index is -0.601. The van der Waals surface area contributed by atoms with Crippen molar-refractivity contribution in [3.8, 4) is 10.6 Å².